The van der Waals surface area contributed by atoms with Crippen LogP contribution in [-0.2, 0) is 19.1 Å². The van der Waals surface area contributed by atoms with Crippen LogP contribution >= 0.6 is 0 Å². The summed E-state index contributed by atoms with van der Waals surface area (Å²) in [4.78, 5) is 58.4. The number of esters is 2. The highest BCUT2D eigenvalue weighted by molar-refractivity contribution is 5.90. The number of hydrogen-bond acceptors (Lipinski definition) is 8. The van der Waals surface area contributed by atoms with E-state index in [2.05, 4.69) is 13.8 Å². The van der Waals surface area contributed by atoms with Crippen LogP contribution in [-0.4, -0.2) is 72.9 Å². The van der Waals surface area contributed by atoms with Gasteiger partial charge in [0.05, 0.1) is 36.4 Å². The summed E-state index contributed by atoms with van der Waals surface area (Å²) in [5.74, 6) is 1.98. The summed E-state index contributed by atoms with van der Waals surface area (Å²) in [5, 5.41) is 0. The van der Waals surface area contributed by atoms with Crippen molar-refractivity contribution in [3.8, 4) is 11.5 Å². The molecule has 4 atom stereocenters. The molecule has 384 valence electrons. The third-order valence-electron chi connectivity index (χ3n) is 15.3. The second kappa shape index (κ2) is 28.4. The van der Waals surface area contributed by atoms with Gasteiger partial charge >= 0.3 is 11.9 Å². The Bertz CT molecular complexity index is 2040. The van der Waals surface area contributed by atoms with E-state index in [1.54, 1.807) is 58.3 Å². The smallest absolute Gasteiger partial charge is 0.338 e. The second-order valence-electron chi connectivity index (χ2n) is 20.4. The van der Waals surface area contributed by atoms with E-state index in [1.165, 1.54) is 51.4 Å². The molecule has 4 aromatic carbocycles. The first kappa shape index (κ1) is 54.7. The topological polar surface area (TPSA) is 112 Å². The van der Waals surface area contributed by atoms with E-state index in [9.17, 15) is 19.2 Å². The molecule has 0 aromatic heterocycles. The van der Waals surface area contributed by atoms with Crippen molar-refractivity contribution < 1.29 is 38.1 Å². The van der Waals surface area contributed by atoms with Crippen molar-refractivity contribution in [3.63, 3.8) is 0 Å². The molecule has 2 aliphatic carbocycles. The Morgan fingerprint density at radius 1 is 0.479 bits per heavy atom. The van der Waals surface area contributed by atoms with Gasteiger partial charge in [-0.05, 0) is 137 Å². The predicted molar refractivity (Wildman–Crippen MR) is 281 cm³/mol. The third-order valence-corrected chi connectivity index (χ3v) is 15.3. The summed E-state index contributed by atoms with van der Waals surface area (Å²) in [6.07, 6.45) is 17.4. The van der Waals surface area contributed by atoms with Gasteiger partial charge in [0.15, 0.2) is 0 Å². The van der Waals surface area contributed by atoms with Crippen LogP contribution in [0.4, 0.5) is 0 Å². The zero-order valence-electron chi connectivity index (χ0n) is 43.6. The quantitative estimate of drug-likeness (QED) is 0.0452. The van der Waals surface area contributed by atoms with E-state index in [-0.39, 0.29) is 35.7 Å². The molecule has 0 bridgehead atoms. The van der Waals surface area contributed by atoms with Crippen LogP contribution in [0.2, 0.25) is 0 Å². The maximum atomic E-state index is 13.8. The highest BCUT2D eigenvalue weighted by Crippen LogP contribution is 2.37. The van der Waals surface area contributed by atoms with Gasteiger partial charge in [-0.2, -0.15) is 0 Å². The molecule has 2 fully saturated rings. The number of likely N-dealkylation sites (N-methyl/N-ethyl adjacent to an activating group) is 2. The van der Waals surface area contributed by atoms with Crippen LogP contribution in [0.5, 0.6) is 11.5 Å². The monoisotopic (exact) mass is 971 g/mol. The lowest BCUT2D eigenvalue weighted by Crippen LogP contribution is -2.44. The molecule has 10 heteroatoms. The number of rotatable bonds is 26. The van der Waals surface area contributed by atoms with Gasteiger partial charge in [-0.25, -0.2) is 9.59 Å². The fourth-order valence-electron chi connectivity index (χ4n) is 10.5. The van der Waals surface area contributed by atoms with E-state index in [1.807, 2.05) is 88.6 Å². The van der Waals surface area contributed by atoms with Gasteiger partial charge in [0.2, 0.25) is 11.8 Å². The number of unbranched alkanes of at least 4 members (excludes halogenated alkanes) is 4. The minimum atomic E-state index is -0.644. The number of nitrogens with zero attached hydrogens (tertiary/aromatic N) is 2. The first-order valence-corrected chi connectivity index (χ1v) is 27.0. The van der Waals surface area contributed by atoms with Crippen LogP contribution in [0.1, 0.15) is 181 Å². The third kappa shape index (κ3) is 16.2. The molecule has 0 saturated heterocycles. The van der Waals surface area contributed by atoms with E-state index in [0.29, 0.717) is 42.3 Å². The molecule has 2 amide bonds. The van der Waals surface area contributed by atoms with Gasteiger partial charge in [-0.15, -0.1) is 0 Å². The molecule has 71 heavy (non-hydrogen) atoms. The molecule has 2 aliphatic rings. The van der Waals surface area contributed by atoms with E-state index >= 15 is 0 Å². The van der Waals surface area contributed by atoms with Crippen LogP contribution in [0.15, 0.2) is 109 Å². The first-order chi connectivity index (χ1) is 34.5. The van der Waals surface area contributed by atoms with Crippen molar-refractivity contribution in [1.82, 2.24) is 9.80 Å². The van der Waals surface area contributed by atoms with Crippen molar-refractivity contribution in [2.45, 2.75) is 161 Å². The highest BCUT2D eigenvalue weighted by Gasteiger charge is 2.36. The fourth-order valence-corrected chi connectivity index (χ4v) is 10.5. The lowest BCUT2D eigenvalue weighted by Gasteiger charge is -2.36. The lowest BCUT2D eigenvalue weighted by molar-refractivity contribution is -0.140. The number of carbonyl (C=O) groups excluding carboxylic acids is 4. The van der Waals surface area contributed by atoms with Crippen molar-refractivity contribution in [2.24, 2.45) is 23.7 Å². The molecule has 0 radical (unpaired) electrons. The van der Waals surface area contributed by atoms with Crippen molar-refractivity contribution in [1.29, 1.82) is 0 Å². The molecule has 0 spiro atoms. The standard InChI is InChI=1S/C61H82N2O8/c1-7-9-13-20-46-26-30-50(31-27-46)58(64)62(5)44(3)56(48-22-15-11-16-23-48)70-60(66)52-34-38-54(39-35-52)68-42-19-43-69-55-40-36-53(37-41-55)61(67)71-57(49-24-17-12-18-25-49)45(4)63(6)59(65)51-32-28-47(29-33-51)21-14-10-8-2/h11-12,15-18,22-25,34-41,44-47,50-51,56-57H,7-10,13-14,19-21,26-33,42-43H2,1-6H3/t44-,45+,46?,47?,50?,51?,56-,57+. The Morgan fingerprint density at radius 2 is 0.831 bits per heavy atom. The normalized spacial score (nSPS) is 19.6. The summed E-state index contributed by atoms with van der Waals surface area (Å²) < 4.78 is 24.4. The number of hydrogen-bond donors (Lipinski definition) is 0. The first-order valence-electron chi connectivity index (χ1n) is 27.0. The summed E-state index contributed by atoms with van der Waals surface area (Å²) >= 11 is 0. The number of amides is 2. The molecule has 4 aromatic rings. The van der Waals surface area contributed by atoms with Gasteiger partial charge in [-0.3, -0.25) is 9.59 Å². The molecule has 0 unspecified atom stereocenters. The van der Waals surface area contributed by atoms with Crippen LogP contribution in [0, 0.1) is 23.7 Å². The number of carbonyl (C=O) groups is 4. The van der Waals surface area contributed by atoms with Gasteiger partial charge < -0.3 is 28.7 Å². The Labute approximate surface area is 425 Å². The predicted octanol–water partition coefficient (Wildman–Crippen LogP) is 13.8. The maximum absolute atomic E-state index is 13.8. The van der Waals surface area contributed by atoms with Crippen LogP contribution < -0.4 is 9.47 Å². The summed E-state index contributed by atoms with van der Waals surface area (Å²) in [6.45, 7) is 9.16. The molecular formula is C61H82N2O8. The minimum Gasteiger partial charge on any atom is -0.493 e. The zero-order valence-corrected chi connectivity index (χ0v) is 43.6. The van der Waals surface area contributed by atoms with E-state index in [0.717, 1.165) is 74.3 Å². The molecule has 10 nitrogen and oxygen atoms in total. The average molecular weight is 971 g/mol. The van der Waals surface area contributed by atoms with Gasteiger partial charge in [0.25, 0.3) is 0 Å². The summed E-state index contributed by atoms with van der Waals surface area (Å²) in [5.41, 5.74) is 2.46. The average Bonchev–Trinajstić information content (AvgIpc) is 3.41. The zero-order chi connectivity index (χ0) is 50.5. The lowest BCUT2D eigenvalue weighted by atomic mass is 9.79. The largest absolute Gasteiger partial charge is 0.493 e. The van der Waals surface area contributed by atoms with Crippen molar-refractivity contribution >= 4 is 23.8 Å². The minimum absolute atomic E-state index is 0.00143. The Morgan fingerprint density at radius 3 is 1.17 bits per heavy atom. The second-order valence-corrected chi connectivity index (χ2v) is 20.4. The van der Waals surface area contributed by atoms with Gasteiger partial charge in [0.1, 0.15) is 23.7 Å². The summed E-state index contributed by atoms with van der Waals surface area (Å²) in [6, 6.07) is 32.4. The van der Waals surface area contributed by atoms with Crippen molar-refractivity contribution in [2.75, 3.05) is 27.3 Å². The molecule has 6 rings (SSSR count). The van der Waals surface area contributed by atoms with Gasteiger partial charge in [0, 0.05) is 32.4 Å². The Kier molecular flexibility index (Phi) is 21.9. The van der Waals surface area contributed by atoms with Crippen LogP contribution in [0.25, 0.3) is 0 Å². The molecule has 2 saturated carbocycles. The molecule has 0 aliphatic heterocycles. The van der Waals surface area contributed by atoms with Gasteiger partial charge in [-0.1, -0.05) is 126 Å². The molecule has 0 N–H and O–H groups in total. The fraction of sp³-hybridized carbons (Fsp3) is 0.541. The summed E-state index contributed by atoms with van der Waals surface area (Å²) in [7, 11) is 3.68. The molecular weight excluding hydrogens is 889 g/mol. The highest BCUT2D eigenvalue weighted by atomic mass is 16.5. The Balaban J connectivity index is 0.943. The van der Waals surface area contributed by atoms with Crippen molar-refractivity contribution in [3.05, 3.63) is 131 Å². The SMILES string of the molecule is CCCCCC1CCC(C(=O)N(C)[C@H](C)[C@@H](OC(=O)c2ccc(OCCCOc3ccc(C(=O)O[C@H](c4ccccc4)[C@H](C)N(C)C(=O)C4CCC(CCCCC)CC4)cc3)cc2)c2ccccc2)CC1. The maximum Gasteiger partial charge on any atom is 0.338 e. The number of benzene rings is 4. The van der Waals surface area contributed by atoms with Crippen LogP contribution in [0.3, 0.4) is 0 Å². The Hall–Kier alpha value is -5.64. The number of ether oxygens (including phenoxy) is 4. The van der Waals surface area contributed by atoms with E-state index in [4.69, 9.17) is 18.9 Å². The van der Waals surface area contributed by atoms with E-state index < -0.39 is 24.1 Å². The molecule has 0 heterocycles.